The monoisotopic (exact) mass is 337 g/mol. The number of para-hydroxylation sites is 1. The summed E-state index contributed by atoms with van der Waals surface area (Å²) in [6.07, 6.45) is 1.60. The van der Waals surface area contributed by atoms with Crippen molar-refractivity contribution in [2.75, 3.05) is 18.6 Å². The van der Waals surface area contributed by atoms with Crippen molar-refractivity contribution in [3.8, 4) is 5.75 Å². The van der Waals surface area contributed by atoms with Gasteiger partial charge in [-0.05, 0) is 47.7 Å². The Kier molecular flexibility index (Phi) is 3.71. The molecule has 1 amide bonds. The van der Waals surface area contributed by atoms with Crippen LogP contribution in [-0.2, 0) is 16.0 Å². The molecule has 5 nitrogen and oxygen atoms in total. The zero-order chi connectivity index (χ0) is 17.6. The highest BCUT2D eigenvalue weighted by Crippen LogP contribution is 2.42. The van der Waals surface area contributed by atoms with Gasteiger partial charge in [-0.2, -0.15) is 0 Å². The van der Waals surface area contributed by atoms with Crippen molar-refractivity contribution in [3.63, 3.8) is 0 Å². The molecule has 0 spiro atoms. The molecule has 1 heterocycles. The second kappa shape index (κ2) is 5.92. The van der Waals surface area contributed by atoms with Gasteiger partial charge in [-0.3, -0.25) is 9.59 Å². The third-order valence-corrected chi connectivity index (χ3v) is 5.26. The molecule has 2 atom stereocenters. The highest BCUT2D eigenvalue weighted by molar-refractivity contribution is 6.02. The number of amides is 1. The summed E-state index contributed by atoms with van der Waals surface area (Å²) in [4.78, 5) is 26.5. The molecular weight excluding hydrogens is 318 g/mol. The minimum atomic E-state index is -0.892. The largest absolute Gasteiger partial charge is 0.497 e. The van der Waals surface area contributed by atoms with Crippen LogP contribution in [0.2, 0.25) is 0 Å². The molecule has 0 fully saturated rings. The number of carbonyl (C=O) groups is 2. The molecule has 2 aliphatic rings. The molecule has 25 heavy (non-hydrogen) atoms. The number of carboxylic acids is 1. The SMILES string of the molecule is COc1ccc2c(c1)C(C(=O)N1CC(C(=O)O)c3ccccc31)CC2. The number of benzene rings is 2. The number of hydrogen-bond acceptors (Lipinski definition) is 3. The maximum atomic E-state index is 13.2. The molecule has 1 aliphatic heterocycles. The second-order valence-electron chi connectivity index (χ2n) is 6.55. The zero-order valence-corrected chi connectivity index (χ0v) is 13.9. The lowest BCUT2D eigenvalue weighted by Gasteiger charge is -2.22. The van der Waals surface area contributed by atoms with Gasteiger partial charge >= 0.3 is 5.97 Å². The maximum absolute atomic E-state index is 13.2. The van der Waals surface area contributed by atoms with Crippen molar-refractivity contribution in [1.82, 2.24) is 0 Å². The lowest BCUT2D eigenvalue weighted by Crippen LogP contribution is -2.34. The minimum absolute atomic E-state index is 0.0248. The maximum Gasteiger partial charge on any atom is 0.312 e. The van der Waals surface area contributed by atoms with Gasteiger partial charge in [-0.25, -0.2) is 0 Å². The average Bonchev–Trinajstić information content (AvgIpc) is 3.22. The molecular formula is C20H19NO4. The molecule has 2 aromatic rings. The average molecular weight is 337 g/mol. The molecule has 0 radical (unpaired) electrons. The fourth-order valence-electron chi connectivity index (χ4n) is 3.98. The second-order valence-corrected chi connectivity index (χ2v) is 6.55. The van der Waals surface area contributed by atoms with E-state index >= 15 is 0 Å². The van der Waals surface area contributed by atoms with E-state index in [4.69, 9.17) is 4.74 Å². The number of anilines is 1. The predicted molar refractivity (Wildman–Crippen MR) is 93.2 cm³/mol. The standard InChI is InChI=1S/C20H19NO4/c1-25-13-8-6-12-7-9-15(16(12)10-13)19(22)21-11-17(20(23)24)14-4-2-3-5-18(14)21/h2-6,8,10,15,17H,7,9,11H2,1H3,(H,23,24). The van der Waals surface area contributed by atoms with Crippen LogP contribution in [0.1, 0.15) is 34.9 Å². The third kappa shape index (κ3) is 2.47. The van der Waals surface area contributed by atoms with Gasteiger partial charge in [0.25, 0.3) is 0 Å². The zero-order valence-electron chi connectivity index (χ0n) is 13.9. The van der Waals surface area contributed by atoms with E-state index in [1.165, 1.54) is 5.56 Å². The third-order valence-electron chi connectivity index (χ3n) is 5.26. The Hall–Kier alpha value is -2.82. The first-order chi connectivity index (χ1) is 12.1. The predicted octanol–water partition coefficient (Wildman–Crippen LogP) is 2.94. The van der Waals surface area contributed by atoms with E-state index < -0.39 is 11.9 Å². The Bertz CT molecular complexity index is 861. The molecule has 128 valence electrons. The van der Waals surface area contributed by atoms with Crippen molar-refractivity contribution >= 4 is 17.6 Å². The fourth-order valence-corrected chi connectivity index (χ4v) is 3.98. The fraction of sp³-hybridized carbons (Fsp3) is 0.300. The molecule has 1 N–H and O–H groups in total. The number of aliphatic carboxylic acids is 1. The van der Waals surface area contributed by atoms with Gasteiger partial charge in [0.15, 0.2) is 0 Å². The van der Waals surface area contributed by atoms with E-state index in [1.807, 2.05) is 36.4 Å². The van der Waals surface area contributed by atoms with Crippen LogP contribution in [0, 0.1) is 0 Å². The summed E-state index contributed by atoms with van der Waals surface area (Å²) in [6.45, 7) is 0.198. The van der Waals surface area contributed by atoms with Crippen LogP contribution >= 0.6 is 0 Å². The number of ether oxygens (including phenoxy) is 1. The highest BCUT2D eigenvalue weighted by Gasteiger charge is 2.40. The van der Waals surface area contributed by atoms with Gasteiger partial charge in [0.2, 0.25) is 5.91 Å². The number of carbonyl (C=O) groups excluding carboxylic acids is 1. The number of rotatable bonds is 3. The van der Waals surface area contributed by atoms with Gasteiger partial charge < -0.3 is 14.7 Å². The van der Waals surface area contributed by atoms with Gasteiger partial charge in [0.1, 0.15) is 11.7 Å². The summed E-state index contributed by atoms with van der Waals surface area (Å²) < 4.78 is 5.30. The first-order valence-corrected chi connectivity index (χ1v) is 8.40. The van der Waals surface area contributed by atoms with E-state index in [0.717, 1.165) is 29.8 Å². The molecule has 4 rings (SSSR count). The number of methoxy groups -OCH3 is 1. The molecule has 2 unspecified atom stereocenters. The quantitative estimate of drug-likeness (QED) is 0.935. The topological polar surface area (TPSA) is 66.8 Å². The highest BCUT2D eigenvalue weighted by atomic mass is 16.5. The normalized spacial score (nSPS) is 20.9. The molecule has 5 heteroatoms. The van der Waals surface area contributed by atoms with Crippen LogP contribution in [-0.4, -0.2) is 30.6 Å². The Labute approximate surface area is 145 Å². The molecule has 0 saturated carbocycles. The Balaban J connectivity index is 1.69. The summed E-state index contributed by atoms with van der Waals surface area (Å²) in [6, 6.07) is 13.1. The lowest BCUT2D eigenvalue weighted by molar-refractivity contribution is -0.138. The van der Waals surface area contributed by atoms with Crippen molar-refractivity contribution in [2.24, 2.45) is 0 Å². The Morgan fingerprint density at radius 1 is 1.12 bits per heavy atom. The smallest absolute Gasteiger partial charge is 0.312 e. The number of nitrogens with zero attached hydrogens (tertiary/aromatic N) is 1. The number of aryl methyl sites for hydroxylation is 1. The van der Waals surface area contributed by atoms with Crippen molar-refractivity contribution in [2.45, 2.75) is 24.7 Å². The summed E-state index contributed by atoms with van der Waals surface area (Å²) in [5, 5.41) is 9.50. The summed E-state index contributed by atoms with van der Waals surface area (Å²) in [7, 11) is 1.61. The first kappa shape index (κ1) is 15.7. The molecule has 2 aromatic carbocycles. The van der Waals surface area contributed by atoms with E-state index in [0.29, 0.717) is 5.56 Å². The van der Waals surface area contributed by atoms with Crippen LogP contribution < -0.4 is 9.64 Å². The lowest BCUT2D eigenvalue weighted by atomic mass is 9.99. The molecule has 0 aromatic heterocycles. The summed E-state index contributed by atoms with van der Waals surface area (Å²) in [5.41, 5.74) is 3.60. The van der Waals surface area contributed by atoms with Crippen molar-refractivity contribution in [1.29, 1.82) is 0 Å². The van der Waals surface area contributed by atoms with Crippen LogP contribution in [0.3, 0.4) is 0 Å². The van der Waals surface area contributed by atoms with Gasteiger partial charge in [-0.15, -0.1) is 0 Å². The van der Waals surface area contributed by atoms with Crippen molar-refractivity contribution in [3.05, 3.63) is 59.2 Å². The van der Waals surface area contributed by atoms with E-state index in [1.54, 1.807) is 18.1 Å². The van der Waals surface area contributed by atoms with E-state index in [9.17, 15) is 14.7 Å². The minimum Gasteiger partial charge on any atom is -0.497 e. The van der Waals surface area contributed by atoms with E-state index in [-0.39, 0.29) is 18.4 Å². The summed E-state index contributed by atoms with van der Waals surface area (Å²) in [5.74, 6) is -1.08. The molecule has 1 aliphatic carbocycles. The van der Waals surface area contributed by atoms with Gasteiger partial charge in [0, 0.05) is 12.2 Å². The van der Waals surface area contributed by atoms with Crippen LogP contribution in [0.4, 0.5) is 5.69 Å². The van der Waals surface area contributed by atoms with Gasteiger partial charge in [-0.1, -0.05) is 24.3 Å². The van der Waals surface area contributed by atoms with Crippen molar-refractivity contribution < 1.29 is 19.4 Å². The first-order valence-electron chi connectivity index (χ1n) is 8.40. The number of hydrogen-bond donors (Lipinski definition) is 1. The summed E-state index contributed by atoms with van der Waals surface area (Å²) >= 11 is 0. The van der Waals surface area contributed by atoms with Crippen LogP contribution in [0.15, 0.2) is 42.5 Å². The number of fused-ring (bicyclic) bond motifs is 2. The van der Waals surface area contributed by atoms with Gasteiger partial charge in [0.05, 0.1) is 13.0 Å². The van der Waals surface area contributed by atoms with Crippen LogP contribution in [0.25, 0.3) is 0 Å². The Morgan fingerprint density at radius 3 is 2.68 bits per heavy atom. The molecule has 0 saturated heterocycles. The Morgan fingerprint density at radius 2 is 1.92 bits per heavy atom. The molecule has 0 bridgehead atoms. The van der Waals surface area contributed by atoms with Crippen LogP contribution in [0.5, 0.6) is 5.75 Å². The number of carboxylic acid groups (broad SMARTS) is 1. The van der Waals surface area contributed by atoms with E-state index in [2.05, 4.69) is 0 Å².